The van der Waals surface area contributed by atoms with E-state index in [1.54, 1.807) is 0 Å². The van der Waals surface area contributed by atoms with Crippen LogP contribution in [-0.4, -0.2) is 13.8 Å². The normalized spacial score (nSPS) is 8.57. The molecule has 0 radical (unpaired) electrons. The average Bonchev–Trinajstić information content (AvgIpc) is 0.722. The van der Waals surface area contributed by atoms with Gasteiger partial charge in [-0.2, -0.15) is 0 Å². The molecule has 0 rings (SSSR count). The molecule has 0 unspecified atom stereocenters. The van der Waals surface area contributed by atoms with Crippen LogP contribution in [0.5, 0.6) is 0 Å². The molecule has 32 valence electrons. The maximum Gasteiger partial charge on any atom is 2.00 e. The van der Waals surface area contributed by atoms with Gasteiger partial charge in [0.2, 0.25) is 0 Å². The van der Waals surface area contributed by atoms with Crippen LogP contribution in [-0.2, 0) is 27.3 Å². The molecule has 0 aromatic carbocycles. The summed E-state index contributed by atoms with van der Waals surface area (Å²) in [6.07, 6.45) is 0. The van der Waals surface area contributed by atoms with Crippen LogP contribution in [0.2, 0.25) is 0 Å². The van der Waals surface area contributed by atoms with Gasteiger partial charge in [-0.15, -0.1) is 9.05 Å². The predicted molar refractivity (Wildman–Crippen MR) is 7.97 cm³/mol. The monoisotopic (exact) mass is 214 g/mol. The summed E-state index contributed by atoms with van der Waals surface area (Å²) >= 11 is 0. The fourth-order valence-corrected chi connectivity index (χ4v) is 0. The van der Waals surface area contributed by atoms with Crippen molar-refractivity contribution >= 4 is 9.05 Å². The largest absolute Gasteiger partial charge is 2.00 e. The summed E-state index contributed by atoms with van der Waals surface area (Å²) in [6.45, 7) is 0. The summed E-state index contributed by atoms with van der Waals surface area (Å²) in [5.74, 6) is 0. The Labute approximate surface area is 74.0 Å². The third-order valence-electron chi connectivity index (χ3n) is 0. The zero-order valence-electron chi connectivity index (χ0n) is 3.88. The standard InChI is InChI=1S/Cd.Li.HO4Si/c;;1-5(2,3)4/h;;1H/q+2;+1;-3. The molecule has 7 heavy (non-hydrogen) atoms. The fourth-order valence-electron chi connectivity index (χ4n) is 0. The van der Waals surface area contributed by atoms with Crippen molar-refractivity contribution in [2.75, 3.05) is 0 Å². The molecule has 0 aromatic heterocycles. The van der Waals surface area contributed by atoms with Gasteiger partial charge in [0.25, 0.3) is 0 Å². The third kappa shape index (κ3) is 94.8. The van der Waals surface area contributed by atoms with Crippen molar-refractivity contribution in [2.24, 2.45) is 0 Å². The van der Waals surface area contributed by atoms with Gasteiger partial charge in [0.15, 0.2) is 0 Å². The molecule has 1 N–H and O–H groups in total. The Balaban J connectivity index is -0.0000000800. The second-order valence-electron chi connectivity index (χ2n) is 0.524. The molecule has 0 aliphatic carbocycles. The van der Waals surface area contributed by atoms with Crippen LogP contribution in [0.1, 0.15) is 0 Å². The Morgan fingerprint density at radius 3 is 1.14 bits per heavy atom. The predicted octanol–water partition coefficient (Wildman–Crippen LogP) is -7.50. The molecule has 0 atom stereocenters. The Kier molecular flexibility index (Phi) is 12.9. The van der Waals surface area contributed by atoms with Gasteiger partial charge in [0.05, 0.1) is 0 Å². The topological polar surface area (TPSA) is 89.4 Å². The number of hydrogen-bond acceptors (Lipinski definition) is 4. The van der Waals surface area contributed by atoms with E-state index in [0.717, 1.165) is 0 Å². The van der Waals surface area contributed by atoms with E-state index in [2.05, 4.69) is 0 Å². The second-order valence-corrected chi connectivity index (χ2v) is 1.57. The SMILES string of the molecule is [Cd+2].[Li+].[O-][Si]([O-])([O-])O. The third-order valence-corrected chi connectivity index (χ3v) is 0. The van der Waals surface area contributed by atoms with E-state index < -0.39 is 9.05 Å². The van der Waals surface area contributed by atoms with Crippen molar-refractivity contribution in [3.05, 3.63) is 0 Å². The van der Waals surface area contributed by atoms with Gasteiger partial charge in [-0.25, -0.2) is 0 Å². The van der Waals surface area contributed by atoms with Gasteiger partial charge < -0.3 is 19.2 Å². The first-order valence-corrected chi connectivity index (χ1v) is 2.51. The van der Waals surface area contributed by atoms with E-state index in [0.29, 0.717) is 0 Å². The Morgan fingerprint density at radius 2 is 1.14 bits per heavy atom. The van der Waals surface area contributed by atoms with Crippen molar-refractivity contribution in [1.82, 2.24) is 0 Å². The summed E-state index contributed by atoms with van der Waals surface area (Å²) in [4.78, 5) is 33.1. The summed E-state index contributed by atoms with van der Waals surface area (Å²) in [5, 5.41) is 0. The molecule has 0 aliphatic heterocycles. The van der Waals surface area contributed by atoms with E-state index in [-0.39, 0.29) is 46.2 Å². The molecule has 4 nitrogen and oxygen atoms in total. The van der Waals surface area contributed by atoms with E-state index >= 15 is 0 Å². The maximum atomic E-state index is 8.69. The fraction of sp³-hybridized carbons (Fsp3) is 0. The molecule has 0 saturated carbocycles. The smallest absolute Gasteiger partial charge is 0.861 e. The van der Waals surface area contributed by atoms with Crippen molar-refractivity contribution in [2.45, 2.75) is 0 Å². The quantitative estimate of drug-likeness (QED) is 0.404. The summed E-state index contributed by atoms with van der Waals surface area (Å²) in [5.41, 5.74) is 0. The minimum atomic E-state index is -5.36. The van der Waals surface area contributed by atoms with Crippen LogP contribution >= 0.6 is 0 Å². The zero-order valence-corrected chi connectivity index (χ0v) is 8.92. The molecule has 0 amide bonds. The Hall–Kier alpha value is 1.58. The van der Waals surface area contributed by atoms with Crippen LogP contribution in [0.4, 0.5) is 0 Å². The van der Waals surface area contributed by atoms with E-state index in [1.807, 2.05) is 0 Å². The molecule has 0 fully saturated rings. The van der Waals surface area contributed by atoms with Gasteiger partial charge in [-0.3, -0.25) is 0 Å². The first-order valence-electron chi connectivity index (χ1n) is 0.836. The van der Waals surface area contributed by atoms with E-state index in [4.69, 9.17) is 19.2 Å². The molecular formula is HCdLiO4Si. The summed E-state index contributed by atoms with van der Waals surface area (Å²) < 4.78 is 0. The molecular weight excluding hydrogens is 211 g/mol. The molecule has 0 saturated heterocycles. The van der Waals surface area contributed by atoms with Crippen LogP contribution < -0.4 is 33.2 Å². The van der Waals surface area contributed by atoms with Gasteiger partial charge in [-0.05, 0) is 0 Å². The molecule has 0 spiro atoms. The van der Waals surface area contributed by atoms with Crippen LogP contribution in [0.15, 0.2) is 0 Å². The molecule has 0 bridgehead atoms. The van der Waals surface area contributed by atoms with Crippen molar-refractivity contribution < 1.29 is 65.3 Å². The minimum Gasteiger partial charge on any atom is -0.861 e. The maximum absolute atomic E-state index is 8.69. The zero-order chi connectivity index (χ0) is 4.50. The van der Waals surface area contributed by atoms with Crippen molar-refractivity contribution in [3.8, 4) is 0 Å². The average molecular weight is 212 g/mol. The first-order chi connectivity index (χ1) is 2.00. The van der Waals surface area contributed by atoms with Crippen LogP contribution in [0.3, 0.4) is 0 Å². The number of rotatable bonds is 0. The second kappa shape index (κ2) is 5.71. The Bertz CT molecular complexity index is 27.2. The van der Waals surface area contributed by atoms with Gasteiger partial charge in [-0.1, -0.05) is 0 Å². The molecule has 0 aliphatic rings. The van der Waals surface area contributed by atoms with Crippen molar-refractivity contribution in [3.63, 3.8) is 0 Å². The molecule has 7 heteroatoms. The van der Waals surface area contributed by atoms with Crippen LogP contribution in [0, 0.1) is 0 Å². The van der Waals surface area contributed by atoms with Crippen LogP contribution in [0.25, 0.3) is 0 Å². The van der Waals surface area contributed by atoms with E-state index in [9.17, 15) is 0 Å². The summed E-state index contributed by atoms with van der Waals surface area (Å²) in [7, 11) is -5.36. The number of hydrogen-bond donors (Lipinski definition) is 1. The van der Waals surface area contributed by atoms with Gasteiger partial charge >= 0.3 is 46.2 Å². The Morgan fingerprint density at radius 1 is 1.14 bits per heavy atom. The molecule has 0 heterocycles. The molecule has 0 aromatic rings. The van der Waals surface area contributed by atoms with E-state index in [1.165, 1.54) is 0 Å². The minimum absolute atomic E-state index is 0. The van der Waals surface area contributed by atoms with Gasteiger partial charge in [0.1, 0.15) is 0 Å². The van der Waals surface area contributed by atoms with Crippen molar-refractivity contribution in [1.29, 1.82) is 0 Å². The first kappa shape index (κ1) is 15.8. The summed E-state index contributed by atoms with van der Waals surface area (Å²) in [6, 6.07) is 0. The van der Waals surface area contributed by atoms with Gasteiger partial charge in [0, 0.05) is 0 Å².